The molecule has 0 aromatic heterocycles. The molecule has 3 heteroatoms. The summed E-state index contributed by atoms with van der Waals surface area (Å²) in [5.74, 6) is -0.0888. The molecule has 1 heterocycles. The fraction of sp³-hybridized carbons (Fsp3) is 0.533. The summed E-state index contributed by atoms with van der Waals surface area (Å²) in [6, 6.07) is 7.18. The highest BCUT2D eigenvalue weighted by molar-refractivity contribution is 5.87. The predicted octanol–water partition coefficient (Wildman–Crippen LogP) is 2.86. The summed E-state index contributed by atoms with van der Waals surface area (Å²) in [5, 5.41) is 8.83. The van der Waals surface area contributed by atoms with Crippen molar-refractivity contribution in [3.05, 3.63) is 35.4 Å². The lowest BCUT2D eigenvalue weighted by atomic mass is 9.76. The van der Waals surface area contributed by atoms with Crippen molar-refractivity contribution < 1.29 is 9.90 Å². The summed E-state index contributed by atoms with van der Waals surface area (Å²) in [5.41, 5.74) is 1.94. The van der Waals surface area contributed by atoms with Gasteiger partial charge in [0.2, 0.25) is 0 Å². The third-order valence-electron chi connectivity index (χ3n) is 3.79. The molecule has 1 N–H and O–H groups in total. The molecule has 1 saturated heterocycles. The first-order valence-corrected chi connectivity index (χ1v) is 6.41. The van der Waals surface area contributed by atoms with Crippen molar-refractivity contribution in [3.8, 4) is 0 Å². The Balaban J connectivity index is 1.87. The van der Waals surface area contributed by atoms with E-state index in [2.05, 4.69) is 25.7 Å². The molecule has 98 valence electrons. The lowest BCUT2D eigenvalue weighted by Crippen LogP contribution is -2.51. The highest BCUT2D eigenvalue weighted by atomic mass is 16.4. The van der Waals surface area contributed by atoms with Gasteiger partial charge in [-0.2, -0.15) is 0 Å². The largest absolute Gasteiger partial charge is 0.478 e. The smallest absolute Gasteiger partial charge is 0.335 e. The van der Waals surface area contributed by atoms with Crippen molar-refractivity contribution in [1.29, 1.82) is 0 Å². The summed E-state index contributed by atoms with van der Waals surface area (Å²) >= 11 is 0. The average molecular weight is 247 g/mol. The second-order valence-electron chi connectivity index (χ2n) is 6.26. The zero-order valence-electron chi connectivity index (χ0n) is 11.3. The Bertz CT molecular complexity index is 425. The van der Waals surface area contributed by atoms with E-state index in [9.17, 15) is 4.79 Å². The van der Waals surface area contributed by atoms with Gasteiger partial charge in [0, 0.05) is 19.6 Å². The van der Waals surface area contributed by atoms with Gasteiger partial charge in [0.25, 0.3) is 0 Å². The van der Waals surface area contributed by atoms with Crippen LogP contribution in [0.25, 0.3) is 0 Å². The number of rotatable bonds is 3. The maximum Gasteiger partial charge on any atom is 0.335 e. The number of nitrogens with zero attached hydrogens (tertiary/aromatic N) is 1. The fourth-order valence-electron chi connectivity index (χ4n) is 2.26. The molecule has 1 aliphatic rings. The molecule has 1 aliphatic heterocycles. The van der Waals surface area contributed by atoms with E-state index in [4.69, 9.17) is 5.11 Å². The van der Waals surface area contributed by atoms with Crippen molar-refractivity contribution in [2.24, 2.45) is 11.3 Å². The Morgan fingerprint density at radius 2 is 1.83 bits per heavy atom. The van der Waals surface area contributed by atoms with E-state index in [0.717, 1.165) is 25.6 Å². The number of hydrogen-bond acceptors (Lipinski definition) is 2. The molecule has 0 aliphatic carbocycles. The van der Waals surface area contributed by atoms with Gasteiger partial charge in [-0.25, -0.2) is 4.79 Å². The van der Waals surface area contributed by atoms with E-state index in [-0.39, 0.29) is 0 Å². The number of carboxylic acids is 1. The first-order chi connectivity index (χ1) is 8.36. The highest BCUT2D eigenvalue weighted by Crippen LogP contribution is 2.34. The summed E-state index contributed by atoms with van der Waals surface area (Å²) in [7, 11) is 0. The molecular formula is C15H21NO2. The van der Waals surface area contributed by atoms with Crippen LogP contribution in [0.5, 0.6) is 0 Å². The van der Waals surface area contributed by atoms with Crippen LogP contribution in [-0.4, -0.2) is 29.1 Å². The Labute approximate surface area is 108 Å². The van der Waals surface area contributed by atoms with E-state index in [0.29, 0.717) is 11.0 Å². The van der Waals surface area contributed by atoms with E-state index in [1.54, 1.807) is 12.1 Å². The molecule has 0 radical (unpaired) electrons. The Morgan fingerprint density at radius 3 is 2.28 bits per heavy atom. The van der Waals surface area contributed by atoms with Gasteiger partial charge in [0.15, 0.2) is 0 Å². The summed E-state index contributed by atoms with van der Waals surface area (Å²) in [6.07, 6.45) is 0. The standard InChI is InChI=1S/C15H21NO2/c1-15(2,3)13-9-16(10-13)8-11-4-6-12(7-5-11)14(17)18/h4-7,13H,8-10H2,1-3H3,(H,17,18). The molecule has 1 aromatic carbocycles. The predicted molar refractivity (Wildman–Crippen MR) is 71.6 cm³/mol. The van der Waals surface area contributed by atoms with Crippen LogP contribution in [0, 0.1) is 11.3 Å². The maximum atomic E-state index is 10.7. The van der Waals surface area contributed by atoms with E-state index < -0.39 is 5.97 Å². The molecule has 1 fully saturated rings. The Hall–Kier alpha value is -1.35. The van der Waals surface area contributed by atoms with Crippen molar-refractivity contribution in [2.75, 3.05) is 13.1 Å². The number of benzene rings is 1. The summed E-state index contributed by atoms with van der Waals surface area (Å²) in [4.78, 5) is 13.2. The molecule has 2 rings (SSSR count). The van der Waals surface area contributed by atoms with Gasteiger partial charge >= 0.3 is 5.97 Å². The summed E-state index contributed by atoms with van der Waals surface area (Å²) in [6.45, 7) is 10.1. The molecule has 0 unspecified atom stereocenters. The van der Waals surface area contributed by atoms with E-state index >= 15 is 0 Å². The lowest BCUT2D eigenvalue weighted by molar-refractivity contribution is 0.0189. The van der Waals surface area contributed by atoms with Gasteiger partial charge < -0.3 is 5.11 Å². The van der Waals surface area contributed by atoms with E-state index in [1.807, 2.05) is 12.1 Å². The molecular weight excluding hydrogens is 226 g/mol. The zero-order valence-corrected chi connectivity index (χ0v) is 11.3. The third-order valence-corrected chi connectivity index (χ3v) is 3.79. The molecule has 0 bridgehead atoms. The molecule has 1 aromatic rings. The molecule has 0 atom stereocenters. The van der Waals surface area contributed by atoms with Gasteiger partial charge in [-0.1, -0.05) is 32.9 Å². The first-order valence-electron chi connectivity index (χ1n) is 6.41. The zero-order chi connectivity index (χ0) is 13.3. The minimum Gasteiger partial charge on any atom is -0.478 e. The monoisotopic (exact) mass is 247 g/mol. The summed E-state index contributed by atoms with van der Waals surface area (Å²) < 4.78 is 0. The van der Waals surface area contributed by atoms with Crippen LogP contribution in [0.4, 0.5) is 0 Å². The second-order valence-corrected chi connectivity index (χ2v) is 6.26. The van der Waals surface area contributed by atoms with Gasteiger partial charge in [-0.15, -0.1) is 0 Å². The average Bonchev–Trinajstić information content (AvgIpc) is 2.21. The number of carbonyl (C=O) groups is 1. The van der Waals surface area contributed by atoms with E-state index in [1.165, 1.54) is 5.56 Å². The minimum atomic E-state index is -0.863. The molecule has 0 amide bonds. The van der Waals surface area contributed by atoms with Crippen molar-refractivity contribution in [2.45, 2.75) is 27.3 Å². The molecule has 0 spiro atoms. The van der Waals surface area contributed by atoms with Crippen LogP contribution in [0.3, 0.4) is 0 Å². The maximum absolute atomic E-state index is 10.7. The van der Waals surface area contributed by atoms with Crippen LogP contribution in [-0.2, 0) is 6.54 Å². The minimum absolute atomic E-state index is 0.356. The van der Waals surface area contributed by atoms with Crippen molar-refractivity contribution >= 4 is 5.97 Å². The van der Waals surface area contributed by atoms with Gasteiger partial charge in [-0.3, -0.25) is 4.90 Å². The number of likely N-dealkylation sites (tertiary alicyclic amines) is 1. The number of hydrogen-bond donors (Lipinski definition) is 1. The van der Waals surface area contributed by atoms with Crippen LogP contribution < -0.4 is 0 Å². The van der Waals surface area contributed by atoms with Gasteiger partial charge in [0.05, 0.1) is 5.56 Å². The van der Waals surface area contributed by atoms with Gasteiger partial charge in [0.1, 0.15) is 0 Å². The number of aromatic carboxylic acids is 1. The van der Waals surface area contributed by atoms with Crippen LogP contribution >= 0.6 is 0 Å². The highest BCUT2D eigenvalue weighted by Gasteiger charge is 2.35. The van der Waals surface area contributed by atoms with Crippen LogP contribution in [0.1, 0.15) is 36.7 Å². The SMILES string of the molecule is CC(C)(C)C1CN(Cc2ccc(C(=O)O)cc2)C1. The lowest BCUT2D eigenvalue weighted by Gasteiger charge is -2.46. The quantitative estimate of drug-likeness (QED) is 0.893. The second kappa shape index (κ2) is 4.73. The molecule has 0 saturated carbocycles. The van der Waals surface area contributed by atoms with Crippen LogP contribution in [0.15, 0.2) is 24.3 Å². The number of carboxylic acid groups (broad SMARTS) is 1. The fourth-order valence-corrected chi connectivity index (χ4v) is 2.26. The molecule has 18 heavy (non-hydrogen) atoms. The first kappa shape index (κ1) is 13.1. The third kappa shape index (κ3) is 2.91. The van der Waals surface area contributed by atoms with Gasteiger partial charge in [-0.05, 0) is 29.0 Å². The Kier molecular flexibility index (Phi) is 3.44. The Morgan fingerprint density at radius 1 is 1.28 bits per heavy atom. The van der Waals surface area contributed by atoms with Crippen molar-refractivity contribution in [1.82, 2.24) is 4.90 Å². The normalized spacial score (nSPS) is 17.5. The molecule has 3 nitrogen and oxygen atoms in total. The topological polar surface area (TPSA) is 40.5 Å². The van der Waals surface area contributed by atoms with Crippen LogP contribution in [0.2, 0.25) is 0 Å². The van der Waals surface area contributed by atoms with Crippen molar-refractivity contribution in [3.63, 3.8) is 0 Å².